The molecule has 0 saturated heterocycles. The van der Waals surface area contributed by atoms with E-state index in [2.05, 4.69) is 4.74 Å². The zero-order chi connectivity index (χ0) is 14.8. The predicted octanol–water partition coefficient (Wildman–Crippen LogP) is 0.741. The molecule has 2 N–H and O–H groups in total. The second kappa shape index (κ2) is 5.68. The maximum Gasteiger partial charge on any atom is 0.421 e. The van der Waals surface area contributed by atoms with Gasteiger partial charge in [0.15, 0.2) is 0 Å². The molecule has 1 aromatic carbocycles. The van der Waals surface area contributed by atoms with Crippen LogP contribution in [0.2, 0.25) is 0 Å². The lowest BCUT2D eigenvalue weighted by Gasteiger charge is -2.27. The van der Waals surface area contributed by atoms with E-state index < -0.39 is 16.3 Å². The van der Waals surface area contributed by atoms with Crippen molar-refractivity contribution in [3.8, 4) is 5.75 Å². The number of nitrogens with one attached hydrogen (secondary N) is 1. The summed E-state index contributed by atoms with van der Waals surface area (Å²) in [6.45, 7) is 2.06. The predicted molar refractivity (Wildman–Crippen MR) is 71.3 cm³/mol. The molecule has 0 radical (unpaired) electrons. The van der Waals surface area contributed by atoms with Crippen LogP contribution in [-0.4, -0.2) is 37.1 Å². The highest BCUT2D eigenvalue weighted by atomic mass is 32.2. The number of fused-ring (bicyclic) bond motifs is 1. The van der Waals surface area contributed by atoms with E-state index in [4.69, 9.17) is 0 Å². The summed E-state index contributed by atoms with van der Waals surface area (Å²) < 4.78 is 31.6. The average Bonchev–Trinajstić information content (AvgIpc) is 2.37. The van der Waals surface area contributed by atoms with Crippen LogP contribution < -0.4 is 4.72 Å². The van der Waals surface area contributed by atoms with E-state index in [1.54, 1.807) is 19.1 Å². The largest absolute Gasteiger partial charge is 0.508 e. The van der Waals surface area contributed by atoms with Crippen molar-refractivity contribution in [1.82, 2.24) is 9.03 Å². The van der Waals surface area contributed by atoms with Crippen LogP contribution in [0.15, 0.2) is 18.2 Å². The van der Waals surface area contributed by atoms with Crippen LogP contribution >= 0.6 is 0 Å². The summed E-state index contributed by atoms with van der Waals surface area (Å²) in [7, 11) is -3.93. The Kier molecular flexibility index (Phi) is 4.15. The molecule has 0 aliphatic carbocycles. The van der Waals surface area contributed by atoms with Crippen molar-refractivity contribution in [3.05, 3.63) is 29.3 Å². The molecule has 0 aromatic heterocycles. The highest BCUT2D eigenvalue weighted by molar-refractivity contribution is 7.87. The van der Waals surface area contributed by atoms with Gasteiger partial charge in [-0.05, 0) is 36.6 Å². The van der Waals surface area contributed by atoms with E-state index in [9.17, 15) is 18.3 Å². The third-order valence-corrected chi connectivity index (χ3v) is 4.41. The summed E-state index contributed by atoms with van der Waals surface area (Å²) in [5.74, 6) is 0.0846. The summed E-state index contributed by atoms with van der Waals surface area (Å²) in [4.78, 5) is 11.2. The molecular weight excluding hydrogens is 284 g/mol. The molecule has 0 bridgehead atoms. The second-order valence-corrected chi connectivity index (χ2v) is 6.03. The number of hydrogen-bond acceptors (Lipinski definition) is 5. The van der Waals surface area contributed by atoms with E-state index >= 15 is 0 Å². The number of aromatic hydroxyl groups is 1. The molecule has 20 heavy (non-hydrogen) atoms. The Hall–Kier alpha value is -1.80. The molecule has 110 valence electrons. The minimum absolute atomic E-state index is 0.0846. The van der Waals surface area contributed by atoms with E-state index in [-0.39, 0.29) is 25.4 Å². The van der Waals surface area contributed by atoms with Crippen molar-refractivity contribution in [2.24, 2.45) is 0 Å². The van der Waals surface area contributed by atoms with Crippen molar-refractivity contribution in [2.45, 2.75) is 19.9 Å². The van der Waals surface area contributed by atoms with Gasteiger partial charge in [0.25, 0.3) is 0 Å². The number of ether oxygens (including phenoxy) is 1. The number of benzene rings is 1. The van der Waals surface area contributed by atoms with Crippen molar-refractivity contribution in [3.63, 3.8) is 0 Å². The Labute approximate surface area is 117 Å². The van der Waals surface area contributed by atoms with Crippen molar-refractivity contribution >= 4 is 16.3 Å². The number of amides is 1. The van der Waals surface area contributed by atoms with Gasteiger partial charge in [0, 0.05) is 13.1 Å². The van der Waals surface area contributed by atoms with Crippen molar-refractivity contribution in [1.29, 1.82) is 0 Å². The maximum absolute atomic E-state index is 12.0. The molecule has 1 aromatic rings. The monoisotopic (exact) mass is 300 g/mol. The van der Waals surface area contributed by atoms with Gasteiger partial charge in [-0.1, -0.05) is 6.07 Å². The molecule has 2 rings (SSSR count). The van der Waals surface area contributed by atoms with Crippen LogP contribution in [0.1, 0.15) is 18.1 Å². The van der Waals surface area contributed by atoms with Crippen LogP contribution in [0, 0.1) is 0 Å². The highest BCUT2D eigenvalue weighted by Crippen LogP contribution is 2.24. The number of rotatable bonds is 3. The molecule has 1 aliphatic heterocycles. The quantitative estimate of drug-likeness (QED) is 0.858. The van der Waals surface area contributed by atoms with Crippen molar-refractivity contribution < 1.29 is 23.1 Å². The van der Waals surface area contributed by atoms with Gasteiger partial charge in [-0.2, -0.15) is 12.7 Å². The van der Waals surface area contributed by atoms with Gasteiger partial charge >= 0.3 is 16.3 Å². The van der Waals surface area contributed by atoms with Gasteiger partial charge in [-0.25, -0.2) is 9.52 Å². The molecular formula is C12H16N2O5S. The number of carbonyl (C=O) groups excluding carboxylic acids is 1. The van der Waals surface area contributed by atoms with E-state index in [0.717, 1.165) is 15.4 Å². The van der Waals surface area contributed by atoms with Gasteiger partial charge in [-0.3, -0.25) is 0 Å². The molecule has 0 atom stereocenters. The Morgan fingerprint density at radius 2 is 2.20 bits per heavy atom. The van der Waals surface area contributed by atoms with Crippen LogP contribution in [0.5, 0.6) is 5.75 Å². The summed E-state index contributed by atoms with van der Waals surface area (Å²) in [5, 5.41) is 9.43. The van der Waals surface area contributed by atoms with E-state index in [1.165, 1.54) is 6.07 Å². The Morgan fingerprint density at radius 3 is 2.90 bits per heavy atom. The third-order valence-electron chi connectivity index (χ3n) is 2.99. The second-order valence-electron chi connectivity index (χ2n) is 4.36. The minimum atomic E-state index is -3.93. The van der Waals surface area contributed by atoms with Crippen LogP contribution in [0.3, 0.4) is 0 Å². The molecule has 0 unspecified atom stereocenters. The fraction of sp³-hybridized carbons (Fsp3) is 0.417. The first-order valence-corrected chi connectivity index (χ1v) is 7.62. The first-order chi connectivity index (χ1) is 9.42. The molecule has 0 spiro atoms. The third kappa shape index (κ3) is 3.20. The van der Waals surface area contributed by atoms with Gasteiger partial charge in [0.2, 0.25) is 0 Å². The molecule has 1 amide bonds. The standard InChI is InChI=1S/C12H16N2O5S/c1-2-19-12(16)13-20(17,18)14-6-5-9-3-4-11(15)7-10(9)8-14/h3-4,7,15H,2,5-6,8H2,1H3,(H,13,16). The summed E-state index contributed by atoms with van der Waals surface area (Å²) >= 11 is 0. The molecule has 1 aliphatic rings. The first kappa shape index (κ1) is 14.6. The molecule has 7 nitrogen and oxygen atoms in total. The molecule has 8 heteroatoms. The minimum Gasteiger partial charge on any atom is -0.508 e. The lowest BCUT2D eigenvalue weighted by atomic mass is 10.0. The number of nitrogens with zero attached hydrogens (tertiary/aromatic N) is 1. The van der Waals surface area contributed by atoms with E-state index in [0.29, 0.717) is 6.42 Å². The zero-order valence-electron chi connectivity index (χ0n) is 11.0. The molecule has 0 fully saturated rings. The fourth-order valence-electron chi connectivity index (χ4n) is 2.05. The number of carbonyl (C=O) groups is 1. The van der Waals surface area contributed by atoms with Gasteiger partial charge < -0.3 is 9.84 Å². The van der Waals surface area contributed by atoms with Crippen LogP contribution in [-0.2, 0) is 27.9 Å². The van der Waals surface area contributed by atoms with Crippen molar-refractivity contribution in [2.75, 3.05) is 13.2 Å². The van der Waals surface area contributed by atoms with Gasteiger partial charge in [0.1, 0.15) is 5.75 Å². The van der Waals surface area contributed by atoms with Crippen LogP contribution in [0.25, 0.3) is 0 Å². The van der Waals surface area contributed by atoms with E-state index in [1.807, 2.05) is 4.72 Å². The lowest BCUT2D eigenvalue weighted by Crippen LogP contribution is -2.45. The number of phenols is 1. The van der Waals surface area contributed by atoms with Gasteiger partial charge in [0.05, 0.1) is 6.61 Å². The smallest absolute Gasteiger partial charge is 0.421 e. The summed E-state index contributed by atoms with van der Waals surface area (Å²) in [6, 6.07) is 4.87. The van der Waals surface area contributed by atoms with Gasteiger partial charge in [-0.15, -0.1) is 0 Å². The fourth-order valence-corrected chi connectivity index (χ4v) is 3.09. The zero-order valence-corrected chi connectivity index (χ0v) is 11.8. The Bertz CT molecular complexity index is 614. The summed E-state index contributed by atoms with van der Waals surface area (Å²) in [5.41, 5.74) is 1.72. The normalized spacial score (nSPS) is 15.4. The lowest BCUT2D eigenvalue weighted by molar-refractivity contribution is 0.158. The average molecular weight is 300 g/mol. The first-order valence-electron chi connectivity index (χ1n) is 6.18. The SMILES string of the molecule is CCOC(=O)NS(=O)(=O)N1CCc2ccc(O)cc2C1. The van der Waals surface area contributed by atoms with Crippen LogP contribution in [0.4, 0.5) is 4.79 Å². The maximum atomic E-state index is 12.0. The highest BCUT2D eigenvalue weighted by Gasteiger charge is 2.28. The topological polar surface area (TPSA) is 95.9 Å². The molecule has 0 saturated carbocycles. The molecule has 1 heterocycles. The number of hydrogen-bond donors (Lipinski definition) is 2. The summed E-state index contributed by atoms with van der Waals surface area (Å²) in [6.07, 6.45) is -0.464. The number of phenolic OH excluding ortho intramolecular Hbond substituents is 1. The Morgan fingerprint density at radius 1 is 1.45 bits per heavy atom. The Balaban J connectivity index is 2.13.